The SMILES string of the molecule is CC/C(C)=C(/C=C(\C)c1ccccc1)c1ccccc1. The quantitative estimate of drug-likeness (QED) is 0.595. The second-order valence-electron chi connectivity index (χ2n) is 5.11. The number of hydrogen-bond acceptors (Lipinski definition) is 0. The summed E-state index contributed by atoms with van der Waals surface area (Å²) in [5, 5.41) is 0. The van der Waals surface area contributed by atoms with E-state index in [1.807, 2.05) is 0 Å². The van der Waals surface area contributed by atoms with E-state index in [1.165, 1.54) is 27.8 Å². The summed E-state index contributed by atoms with van der Waals surface area (Å²) in [5.74, 6) is 0. The molecule has 0 heteroatoms. The monoisotopic (exact) mass is 262 g/mol. The highest BCUT2D eigenvalue weighted by atomic mass is 14.1. The van der Waals surface area contributed by atoms with Crippen molar-refractivity contribution in [1.29, 1.82) is 0 Å². The van der Waals surface area contributed by atoms with Crippen LogP contribution in [-0.2, 0) is 0 Å². The molecule has 2 aromatic carbocycles. The molecule has 0 amide bonds. The first-order valence-electron chi connectivity index (χ1n) is 7.21. The molecule has 0 aliphatic heterocycles. The van der Waals surface area contributed by atoms with Gasteiger partial charge in [0, 0.05) is 0 Å². The molecule has 2 aromatic rings. The molecule has 0 aliphatic carbocycles. The molecule has 0 saturated heterocycles. The average molecular weight is 262 g/mol. The van der Waals surface area contributed by atoms with Crippen LogP contribution in [0.3, 0.4) is 0 Å². The standard InChI is InChI=1S/C20H22/c1-4-16(2)20(19-13-9-6-10-14-19)15-17(3)18-11-7-5-8-12-18/h5-15H,4H2,1-3H3/b17-15+,20-16-. The van der Waals surface area contributed by atoms with Crippen molar-refractivity contribution in [3.05, 3.63) is 83.4 Å². The van der Waals surface area contributed by atoms with E-state index in [-0.39, 0.29) is 0 Å². The van der Waals surface area contributed by atoms with Crippen molar-refractivity contribution in [2.45, 2.75) is 27.2 Å². The van der Waals surface area contributed by atoms with Gasteiger partial charge in [0.25, 0.3) is 0 Å². The first-order chi connectivity index (χ1) is 9.72. The van der Waals surface area contributed by atoms with Crippen LogP contribution in [-0.4, -0.2) is 0 Å². The van der Waals surface area contributed by atoms with Gasteiger partial charge in [0.15, 0.2) is 0 Å². The Bertz CT molecular complexity index is 601. The third kappa shape index (κ3) is 3.48. The van der Waals surface area contributed by atoms with Crippen molar-refractivity contribution in [1.82, 2.24) is 0 Å². The number of allylic oxidation sites excluding steroid dienone is 4. The minimum absolute atomic E-state index is 1.07. The van der Waals surface area contributed by atoms with Gasteiger partial charge in [-0.1, -0.05) is 79.2 Å². The second kappa shape index (κ2) is 6.91. The van der Waals surface area contributed by atoms with Crippen LogP contribution in [0.2, 0.25) is 0 Å². The molecule has 0 atom stereocenters. The van der Waals surface area contributed by atoms with Gasteiger partial charge < -0.3 is 0 Å². The Balaban J connectivity index is 2.45. The minimum atomic E-state index is 1.07. The van der Waals surface area contributed by atoms with Crippen LogP contribution in [0.1, 0.15) is 38.3 Å². The highest BCUT2D eigenvalue weighted by Gasteiger charge is 2.03. The molecule has 2 rings (SSSR count). The Kier molecular flexibility index (Phi) is 4.95. The van der Waals surface area contributed by atoms with E-state index >= 15 is 0 Å². The van der Waals surface area contributed by atoms with Crippen molar-refractivity contribution in [3.63, 3.8) is 0 Å². The zero-order valence-electron chi connectivity index (χ0n) is 12.6. The maximum atomic E-state index is 2.31. The first kappa shape index (κ1) is 14.3. The van der Waals surface area contributed by atoms with E-state index in [9.17, 15) is 0 Å². The number of hydrogen-bond donors (Lipinski definition) is 0. The van der Waals surface area contributed by atoms with E-state index in [1.54, 1.807) is 0 Å². The Morgan fingerprint density at radius 3 is 1.80 bits per heavy atom. The van der Waals surface area contributed by atoms with Gasteiger partial charge in [-0.3, -0.25) is 0 Å². The van der Waals surface area contributed by atoms with E-state index < -0.39 is 0 Å². The fraction of sp³-hybridized carbons (Fsp3) is 0.200. The predicted molar refractivity (Wildman–Crippen MR) is 89.4 cm³/mol. The molecule has 0 aliphatic rings. The minimum Gasteiger partial charge on any atom is -0.0657 e. The third-order valence-corrected chi connectivity index (χ3v) is 3.66. The fourth-order valence-corrected chi connectivity index (χ4v) is 2.26. The lowest BCUT2D eigenvalue weighted by atomic mass is 9.95. The summed E-state index contributed by atoms with van der Waals surface area (Å²) in [6.45, 7) is 6.61. The molecule has 0 fully saturated rings. The van der Waals surface area contributed by atoms with Gasteiger partial charge in [0.1, 0.15) is 0 Å². The van der Waals surface area contributed by atoms with Crippen LogP contribution < -0.4 is 0 Å². The summed E-state index contributed by atoms with van der Waals surface area (Å²) in [4.78, 5) is 0. The molecule has 102 valence electrons. The molecule has 20 heavy (non-hydrogen) atoms. The molecule has 0 bridgehead atoms. The molecule has 0 aromatic heterocycles. The summed E-state index contributed by atoms with van der Waals surface area (Å²) in [7, 11) is 0. The van der Waals surface area contributed by atoms with Crippen LogP contribution in [0.4, 0.5) is 0 Å². The first-order valence-corrected chi connectivity index (χ1v) is 7.21. The van der Waals surface area contributed by atoms with Gasteiger partial charge in [0.2, 0.25) is 0 Å². The van der Waals surface area contributed by atoms with Gasteiger partial charge in [-0.15, -0.1) is 0 Å². The molecule has 0 unspecified atom stereocenters. The lowest BCUT2D eigenvalue weighted by molar-refractivity contribution is 1.10. The largest absolute Gasteiger partial charge is 0.0657 e. The van der Waals surface area contributed by atoms with Gasteiger partial charge in [-0.05, 0) is 42.5 Å². The summed E-state index contributed by atoms with van der Waals surface area (Å²) < 4.78 is 0. The van der Waals surface area contributed by atoms with Gasteiger partial charge in [0.05, 0.1) is 0 Å². The Morgan fingerprint density at radius 1 is 0.800 bits per heavy atom. The van der Waals surface area contributed by atoms with Crippen molar-refractivity contribution in [2.75, 3.05) is 0 Å². The summed E-state index contributed by atoms with van der Waals surface area (Å²) in [6, 6.07) is 21.2. The third-order valence-electron chi connectivity index (χ3n) is 3.66. The molecule has 0 saturated carbocycles. The van der Waals surface area contributed by atoms with Crippen LogP contribution in [0, 0.1) is 0 Å². The number of benzene rings is 2. The Hall–Kier alpha value is -2.08. The average Bonchev–Trinajstić information content (AvgIpc) is 2.53. The molecule has 0 heterocycles. The van der Waals surface area contributed by atoms with E-state index in [2.05, 4.69) is 87.5 Å². The Labute approximate surface area is 122 Å². The van der Waals surface area contributed by atoms with Crippen molar-refractivity contribution in [3.8, 4) is 0 Å². The summed E-state index contributed by atoms with van der Waals surface area (Å²) in [6.07, 6.45) is 3.38. The highest BCUT2D eigenvalue weighted by molar-refractivity contribution is 5.84. The zero-order chi connectivity index (χ0) is 14.4. The normalized spacial score (nSPS) is 13.1. The van der Waals surface area contributed by atoms with E-state index in [0.717, 1.165) is 6.42 Å². The second-order valence-corrected chi connectivity index (χ2v) is 5.11. The maximum Gasteiger partial charge on any atom is -0.0184 e. The van der Waals surface area contributed by atoms with E-state index in [0.29, 0.717) is 0 Å². The molecular formula is C20H22. The van der Waals surface area contributed by atoms with Crippen LogP contribution >= 0.6 is 0 Å². The van der Waals surface area contributed by atoms with Gasteiger partial charge in [-0.25, -0.2) is 0 Å². The molecule has 0 nitrogen and oxygen atoms in total. The Morgan fingerprint density at radius 2 is 1.30 bits per heavy atom. The summed E-state index contributed by atoms with van der Waals surface area (Å²) in [5.41, 5.74) is 6.64. The number of rotatable bonds is 4. The maximum absolute atomic E-state index is 2.31. The lowest BCUT2D eigenvalue weighted by Crippen LogP contribution is -1.88. The van der Waals surface area contributed by atoms with Gasteiger partial charge in [-0.2, -0.15) is 0 Å². The molecule has 0 radical (unpaired) electrons. The highest BCUT2D eigenvalue weighted by Crippen LogP contribution is 2.26. The topological polar surface area (TPSA) is 0 Å². The van der Waals surface area contributed by atoms with Crippen LogP contribution in [0.25, 0.3) is 11.1 Å². The van der Waals surface area contributed by atoms with Crippen LogP contribution in [0.15, 0.2) is 72.3 Å². The molecule has 0 spiro atoms. The lowest BCUT2D eigenvalue weighted by Gasteiger charge is -2.10. The van der Waals surface area contributed by atoms with Crippen molar-refractivity contribution < 1.29 is 0 Å². The molecular weight excluding hydrogens is 240 g/mol. The van der Waals surface area contributed by atoms with Crippen molar-refractivity contribution >= 4 is 11.1 Å². The zero-order valence-corrected chi connectivity index (χ0v) is 12.6. The summed E-state index contributed by atoms with van der Waals surface area (Å²) >= 11 is 0. The fourth-order valence-electron chi connectivity index (χ4n) is 2.26. The predicted octanol–water partition coefficient (Wildman–Crippen LogP) is 5.97. The van der Waals surface area contributed by atoms with Gasteiger partial charge >= 0.3 is 0 Å². The smallest absolute Gasteiger partial charge is 0.0184 e. The van der Waals surface area contributed by atoms with E-state index in [4.69, 9.17) is 0 Å². The van der Waals surface area contributed by atoms with Crippen molar-refractivity contribution in [2.24, 2.45) is 0 Å². The van der Waals surface area contributed by atoms with Crippen LogP contribution in [0.5, 0.6) is 0 Å². The molecule has 0 N–H and O–H groups in total.